The van der Waals surface area contributed by atoms with Gasteiger partial charge in [-0.3, -0.25) is 0 Å². The SMILES string of the molecule is CCC(C)(C)c1ccc(OCCCCNCC(C)C)cc1. The third kappa shape index (κ3) is 6.99. The summed E-state index contributed by atoms with van der Waals surface area (Å²) in [5.74, 6) is 1.72. The minimum absolute atomic E-state index is 0.251. The van der Waals surface area contributed by atoms with Crippen molar-refractivity contribution < 1.29 is 4.74 Å². The van der Waals surface area contributed by atoms with E-state index in [1.54, 1.807) is 0 Å². The number of nitrogens with one attached hydrogen (secondary N) is 1. The molecule has 1 aromatic rings. The molecule has 1 aromatic carbocycles. The fourth-order valence-electron chi connectivity index (χ4n) is 2.14. The molecule has 0 radical (unpaired) electrons. The molecule has 2 heteroatoms. The fraction of sp³-hybridized carbons (Fsp3) is 0.684. The summed E-state index contributed by atoms with van der Waals surface area (Å²) in [7, 11) is 0. The van der Waals surface area contributed by atoms with E-state index in [9.17, 15) is 0 Å². The maximum Gasteiger partial charge on any atom is 0.119 e. The van der Waals surface area contributed by atoms with Crippen molar-refractivity contribution in [1.82, 2.24) is 5.32 Å². The van der Waals surface area contributed by atoms with Gasteiger partial charge in [-0.2, -0.15) is 0 Å². The van der Waals surface area contributed by atoms with Gasteiger partial charge in [0.2, 0.25) is 0 Å². The summed E-state index contributed by atoms with van der Waals surface area (Å²) in [6, 6.07) is 8.60. The minimum Gasteiger partial charge on any atom is -0.494 e. The van der Waals surface area contributed by atoms with Gasteiger partial charge in [0, 0.05) is 0 Å². The van der Waals surface area contributed by atoms with Crippen LogP contribution in [0.3, 0.4) is 0 Å². The zero-order chi connectivity index (χ0) is 15.7. The van der Waals surface area contributed by atoms with E-state index in [1.165, 1.54) is 12.0 Å². The molecular formula is C19H33NO. The summed E-state index contributed by atoms with van der Waals surface area (Å²) in [5, 5.41) is 3.46. The maximum absolute atomic E-state index is 5.81. The van der Waals surface area contributed by atoms with Crippen LogP contribution < -0.4 is 10.1 Å². The molecule has 0 amide bonds. The third-order valence-corrected chi connectivity index (χ3v) is 4.09. The molecule has 0 fully saturated rings. The lowest BCUT2D eigenvalue weighted by Gasteiger charge is -2.23. The van der Waals surface area contributed by atoms with Crippen molar-refractivity contribution in [2.75, 3.05) is 19.7 Å². The van der Waals surface area contributed by atoms with E-state index in [1.807, 2.05) is 0 Å². The van der Waals surface area contributed by atoms with Gasteiger partial charge in [0.05, 0.1) is 6.61 Å². The van der Waals surface area contributed by atoms with Crippen LogP contribution in [-0.4, -0.2) is 19.7 Å². The first-order chi connectivity index (χ1) is 9.95. The molecule has 0 heterocycles. The largest absolute Gasteiger partial charge is 0.494 e. The normalized spacial score (nSPS) is 11.9. The van der Waals surface area contributed by atoms with Crippen molar-refractivity contribution in [3.8, 4) is 5.75 Å². The highest BCUT2D eigenvalue weighted by molar-refractivity contribution is 5.31. The van der Waals surface area contributed by atoms with Gasteiger partial charge >= 0.3 is 0 Å². The van der Waals surface area contributed by atoms with Crippen LogP contribution in [0.2, 0.25) is 0 Å². The summed E-state index contributed by atoms with van der Waals surface area (Å²) >= 11 is 0. The van der Waals surface area contributed by atoms with E-state index >= 15 is 0 Å². The molecule has 0 spiro atoms. The van der Waals surface area contributed by atoms with E-state index in [4.69, 9.17) is 4.74 Å². The van der Waals surface area contributed by atoms with Gasteiger partial charge in [-0.15, -0.1) is 0 Å². The summed E-state index contributed by atoms with van der Waals surface area (Å²) in [5.41, 5.74) is 1.64. The monoisotopic (exact) mass is 291 g/mol. The first-order valence-corrected chi connectivity index (χ1v) is 8.39. The molecule has 0 aliphatic carbocycles. The number of hydrogen-bond donors (Lipinski definition) is 1. The molecule has 0 aromatic heterocycles. The molecule has 0 saturated heterocycles. The number of benzene rings is 1. The zero-order valence-electron chi connectivity index (χ0n) is 14.5. The molecule has 1 rings (SSSR count). The second-order valence-electron chi connectivity index (χ2n) is 6.92. The molecule has 2 nitrogen and oxygen atoms in total. The summed E-state index contributed by atoms with van der Waals surface area (Å²) in [4.78, 5) is 0. The molecule has 21 heavy (non-hydrogen) atoms. The summed E-state index contributed by atoms with van der Waals surface area (Å²) in [6.45, 7) is 14.3. The van der Waals surface area contributed by atoms with Gasteiger partial charge in [0.25, 0.3) is 0 Å². The number of ether oxygens (including phenoxy) is 1. The van der Waals surface area contributed by atoms with Crippen molar-refractivity contribution in [2.45, 2.75) is 59.3 Å². The molecule has 0 saturated carbocycles. The number of rotatable bonds is 10. The Labute approximate surface area is 131 Å². The predicted molar refractivity (Wildman–Crippen MR) is 92.2 cm³/mol. The first-order valence-electron chi connectivity index (χ1n) is 8.39. The molecule has 1 N–H and O–H groups in total. The lowest BCUT2D eigenvalue weighted by molar-refractivity contribution is 0.305. The van der Waals surface area contributed by atoms with E-state index in [2.05, 4.69) is 64.2 Å². The smallest absolute Gasteiger partial charge is 0.119 e. The average molecular weight is 291 g/mol. The van der Waals surface area contributed by atoms with E-state index in [-0.39, 0.29) is 5.41 Å². The molecule has 0 aliphatic heterocycles. The van der Waals surface area contributed by atoms with Crippen molar-refractivity contribution in [3.05, 3.63) is 29.8 Å². The summed E-state index contributed by atoms with van der Waals surface area (Å²) < 4.78 is 5.81. The van der Waals surface area contributed by atoms with Gasteiger partial charge < -0.3 is 10.1 Å². The predicted octanol–water partition coefficient (Wildman–Crippen LogP) is 4.78. The second kappa shape index (κ2) is 9.09. The summed E-state index contributed by atoms with van der Waals surface area (Å²) in [6.07, 6.45) is 3.43. The molecular weight excluding hydrogens is 258 g/mol. The number of unbranched alkanes of at least 4 members (excludes halogenated alkanes) is 1. The highest BCUT2D eigenvalue weighted by Crippen LogP contribution is 2.28. The van der Waals surface area contributed by atoms with Gasteiger partial charge in [-0.25, -0.2) is 0 Å². The lowest BCUT2D eigenvalue weighted by atomic mass is 9.82. The highest BCUT2D eigenvalue weighted by Gasteiger charge is 2.17. The standard InChI is InChI=1S/C19H33NO/c1-6-19(4,5)17-9-11-18(12-10-17)21-14-8-7-13-20-15-16(2)3/h9-12,16,20H,6-8,13-15H2,1-5H3. The van der Waals surface area contributed by atoms with E-state index < -0.39 is 0 Å². The third-order valence-electron chi connectivity index (χ3n) is 4.09. The van der Waals surface area contributed by atoms with Crippen LogP contribution in [0.25, 0.3) is 0 Å². The van der Waals surface area contributed by atoms with Crippen LogP contribution in [0, 0.1) is 5.92 Å². The second-order valence-corrected chi connectivity index (χ2v) is 6.92. The van der Waals surface area contributed by atoms with Crippen LogP contribution in [0.1, 0.15) is 59.4 Å². The van der Waals surface area contributed by atoms with Gasteiger partial charge in [-0.1, -0.05) is 46.8 Å². The minimum atomic E-state index is 0.251. The van der Waals surface area contributed by atoms with Crippen LogP contribution in [-0.2, 0) is 5.41 Å². The Kier molecular flexibility index (Phi) is 7.81. The van der Waals surface area contributed by atoms with Crippen molar-refractivity contribution in [1.29, 1.82) is 0 Å². The van der Waals surface area contributed by atoms with Crippen molar-refractivity contribution in [3.63, 3.8) is 0 Å². The highest BCUT2D eigenvalue weighted by atomic mass is 16.5. The van der Waals surface area contributed by atoms with Gasteiger partial charge in [0.15, 0.2) is 0 Å². The molecule has 0 aliphatic rings. The topological polar surface area (TPSA) is 21.3 Å². The van der Waals surface area contributed by atoms with Crippen molar-refractivity contribution in [2.24, 2.45) is 5.92 Å². The molecule has 0 unspecified atom stereocenters. The first kappa shape index (κ1) is 18.0. The van der Waals surface area contributed by atoms with Crippen LogP contribution in [0.4, 0.5) is 0 Å². The van der Waals surface area contributed by atoms with E-state index in [0.717, 1.165) is 44.2 Å². The zero-order valence-corrected chi connectivity index (χ0v) is 14.5. The lowest BCUT2D eigenvalue weighted by Crippen LogP contribution is -2.21. The Morgan fingerprint density at radius 2 is 1.76 bits per heavy atom. The molecule has 0 atom stereocenters. The van der Waals surface area contributed by atoms with Crippen LogP contribution >= 0.6 is 0 Å². The Hall–Kier alpha value is -1.02. The van der Waals surface area contributed by atoms with Crippen LogP contribution in [0.5, 0.6) is 5.75 Å². The Morgan fingerprint density at radius 1 is 1.10 bits per heavy atom. The Morgan fingerprint density at radius 3 is 2.33 bits per heavy atom. The van der Waals surface area contributed by atoms with E-state index in [0.29, 0.717) is 0 Å². The Bertz CT molecular complexity index is 381. The maximum atomic E-state index is 5.81. The van der Waals surface area contributed by atoms with Crippen LogP contribution in [0.15, 0.2) is 24.3 Å². The molecule has 0 bridgehead atoms. The van der Waals surface area contributed by atoms with Crippen molar-refractivity contribution >= 4 is 0 Å². The quantitative estimate of drug-likeness (QED) is 0.626. The molecule has 120 valence electrons. The number of hydrogen-bond acceptors (Lipinski definition) is 2. The van der Waals surface area contributed by atoms with Gasteiger partial charge in [-0.05, 0) is 61.4 Å². The fourth-order valence-corrected chi connectivity index (χ4v) is 2.14. The van der Waals surface area contributed by atoms with Gasteiger partial charge in [0.1, 0.15) is 5.75 Å². The Balaban J connectivity index is 2.21. The average Bonchev–Trinajstić information content (AvgIpc) is 2.46.